The molecule has 0 aromatic heterocycles. The average Bonchev–Trinajstić information content (AvgIpc) is 2.69. The molecule has 1 aliphatic heterocycles. The first-order chi connectivity index (χ1) is 6.83. The van der Waals surface area contributed by atoms with Crippen molar-refractivity contribution in [2.75, 3.05) is 26.3 Å². The molecule has 0 aliphatic carbocycles. The van der Waals surface area contributed by atoms with Gasteiger partial charge in [-0.2, -0.15) is 0 Å². The summed E-state index contributed by atoms with van der Waals surface area (Å²) in [7, 11) is 0. The van der Waals surface area contributed by atoms with Gasteiger partial charge in [0.05, 0.1) is 6.61 Å². The SMILES string of the molecule is NC(CCCNCC1CCOC1)=NO. The van der Waals surface area contributed by atoms with Gasteiger partial charge >= 0.3 is 0 Å². The number of oxime groups is 1. The molecule has 1 saturated heterocycles. The Hall–Kier alpha value is -0.810. The molecule has 0 aromatic carbocycles. The van der Waals surface area contributed by atoms with Crippen molar-refractivity contribution < 1.29 is 9.94 Å². The molecular weight excluding hydrogens is 182 g/mol. The first-order valence-electron chi connectivity index (χ1n) is 5.08. The van der Waals surface area contributed by atoms with Gasteiger partial charge in [0.15, 0.2) is 0 Å². The molecule has 0 amide bonds. The fourth-order valence-electron chi connectivity index (χ4n) is 1.50. The molecule has 0 aromatic rings. The smallest absolute Gasteiger partial charge is 0.139 e. The predicted molar refractivity (Wildman–Crippen MR) is 54.4 cm³/mol. The summed E-state index contributed by atoms with van der Waals surface area (Å²) in [6.07, 6.45) is 2.71. The molecule has 0 spiro atoms. The standard InChI is InChI=1S/C9H19N3O2/c10-9(12-13)2-1-4-11-6-8-3-5-14-7-8/h8,11,13H,1-7H2,(H2,10,12). The summed E-state index contributed by atoms with van der Waals surface area (Å²) < 4.78 is 5.26. The van der Waals surface area contributed by atoms with Gasteiger partial charge < -0.3 is 21.0 Å². The highest BCUT2D eigenvalue weighted by molar-refractivity contribution is 5.79. The number of amidine groups is 1. The first kappa shape index (κ1) is 11.3. The minimum absolute atomic E-state index is 0.302. The largest absolute Gasteiger partial charge is 0.409 e. The third kappa shape index (κ3) is 4.43. The number of nitrogens with one attached hydrogen (secondary N) is 1. The lowest BCUT2D eigenvalue weighted by atomic mass is 10.1. The molecular formula is C9H19N3O2. The summed E-state index contributed by atoms with van der Waals surface area (Å²) in [5, 5.41) is 14.5. The van der Waals surface area contributed by atoms with Crippen LogP contribution in [0.15, 0.2) is 5.16 Å². The van der Waals surface area contributed by atoms with Gasteiger partial charge in [-0.15, -0.1) is 0 Å². The molecule has 1 atom stereocenters. The lowest BCUT2D eigenvalue weighted by Crippen LogP contribution is -2.25. The van der Waals surface area contributed by atoms with E-state index in [0.29, 0.717) is 18.2 Å². The van der Waals surface area contributed by atoms with E-state index in [1.54, 1.807) is 0 Å². The van der Waals surface area contributed by atoms with Crippen LogP contribution in [0.3, 0.4) is 0 Å². The molecule has 0 saturated carbocycles. The molecule has 1 heterocycles. The Kier molecular flexibility index (Phi) is 5.32. The van der Waals surface area contributed by atoms with E-state index >= 15 is 0 Å². The van der Waals surface area contributed by atoms with Crippen molar-refractivity contribution in [2.24, 2.45) is 16.8 Å². The van der Waals surface area contributed by atoms with Crippen molar-refractivity contribution in [1.29, 1.82) is 0 Å². The second-order valence-electron chi connectivity index (χ2n) is 3.63. The Morgan fingerprint density at radius 1 is 1.64 bits per heavy atom. The third-order valence-corrected chi connectivity index (χ3v) is 2.37. The molecule has 5 nitrogen and oxygen atoms in total. The normalized spacial score (nSPS) is 22.9. The third-order valence-electron chi connectivity index (χ3n) is 2.37. The van der Waals surface area contributed by atoms with Gasteiger partial charge in [-0.3, -0.25) is 0 Å². The van der Waals surface area contributed by atoms with Crippen LogP contribution in [0.2, 0.25) is 0 Å². The maximum absolute atomic E-state index is 8.29. The number of nitrogens with zero attached hydrogens (tertiary/aromatic N) is 1. The fourth-order valence-corrected chi connectivity index (χ4v) is 1.50. The van der Waals surface area contributed by atoms with E-state index < -0.39 is 0 Å². The summed E-state index contributed by atoms with van der Waals surface area (Å²) in [4.78, 5) is 0. The fraction of sp³-hybridized carbons (Fsp3) is 0.889. The first-order valence-corrected chi connectivity index (χ1v) is 5.08. The maximum atomic E-state index is 8.29. The van der Waals surface area contributed by atoms with Gasteiger partial charge in [0.25, 0.3) is 0 Å². The van der Waals surface area contributed by atoms with Crippen molar-refractivity contribution in [3.05, 3.63) is 0 Å². The van der Waals surface area contributed by atoms with Crippen LogP contribution in [0.25, 0.3) is 0 Å². The van der Waals surface area contributed by atoms with Crippen LogP contribution in [0.5, 0.6) is 0 Å². The van der Waals surface area contributed by atoms with Gasteiger partial charge in [0.2, 0.25) is 0 Å². The highest BCUT2D eigenvalue weighted by Gasteiger charge is 2.14. The Morgan fingerprint density at radius 2 is 2.50 bits per heavy atom. The lowest BCUT2D eigenvalue weighted by Gasteiger charge is -2.08. The second-order valence-corrected chi connectivity index (χ2v) is 3.63. The van der Waals surface area contributed by atoms with Crippen LogP contribution in [0.1, 0.15) is 19.3 Å². The number of hydrogen-bond acceptors (Lipinski definition) is 4. The zero-order chi connectivity index (χ0) is 10.2. The van der Waals surface area contributed by atoms with E-state index in [0.717, 1.165) is 39.1 Å². The van der Waals surface area contributed by atoms with Crippen molar-refractivity contribution in [3.8, 4) is 0 Å². The average molecular weight is 201 g/mol. The summed E-state index contributed by atoms with van der Waals surface area (Å²) >= 11 is 0. The molecule has 1 rings (SSSR count). The van der Waals surface area contributed by atoms with Gasteiger partial charge in [0.1, 0.15) is 5.84 Å². The minimum Gasteiger partial charge on any atom is -0.409 e. The van der Waals surface area contributed by atoms with Crippen LogP contribution in [0, 0.1) is 5.92 Å². The molecule has 82 valence electrons. The molecule has 0 radical (unpaired) electrons. The van der Waals surface area contributed by atoms with Crippen molar-refractivity contribution in [1.82, 2.24) is 5.32 Å². The number of hydrogen-bond donors (Lipinski definition) is 3. The zero-order valence-electron chi connectivity index (χ0n) is 8.41. The summed E-state index contributed by atoms with van der Waals surface area (Å²) in [6, 6.07) is 0. The Morgan fingerprint density at radius 3 is 3.14 bits per heavy atom. The van der Waals surface area contributed by atoms with Gasteiger partial charge in [-0.1, -0.05) is 5.16 Å². The van der Waals surface area contributed by atoms with Crippen molar-refractivity contribution >= 4 is 5.84 Å². The van der Waals surface area contributed by atoms with Crippen LogP contribution in [-0.2, 0) is 4.74 Å². The molecule has 0 bridgehead atoms. The van der Waals surface area contributed by atoms with E-state index in [1.165, 1.54) is 0 Å². The van der Waals surface area contributed by atoms with E-state index in [4.69, 9.17) is 15.7 Å². The Bertz CT molecular complexity index is 179. The zero-order valence-corrected chi connectivity index (χ0v) is 8.41. The topological polar surface area (TPSA) is 79.9 Å². The van der Waals surface area contributed by atoms with Crippen LogP contribution in [-0.4, -0.2) is 37.3 Å². The minimum atomic E-state index is 0.302. The monoisotopic (exact) mass is 201 g/mol. The number of ether oxygens (including phenoxy) is 1. The highest BCUT2D eigenvalue weighted by Crippen LogP contribution is 2.10. The molecule has 1 aliphatic rings. The molecule has 14 heavy (non-hydrogen) atoms. The highest BCUT2D eigenvalue weighted by atomic mass is 16.5. The molecule has 1 fully saturated rings. The van der Waals surface area contributed by atoms with Crippen LogP contribution < -0.4 is 11.1 Å². The van der Waals surface area contributed by atoms with Crippen LogP contribution >= 0.6 is 0 Å². The van der Waals surface area contributed by atoms with Crippen molar-refractivity contribution in [3.63, 3.8) is 0 Å². The van der Waals surface area contributed by atoms with Crippen LogP contribution in [0.4, 0.5) is 0 Å². The summed E-state index contributed by atoms with van der Waals surface area (Å²) in [6.45, 7) is 3.70. The van der Waals surface area contributed by atoms with Crippen molar-refractivity contribution in [2.45, 2.75) is 19.3 Å². The molecule has 1 unspecified atom stereocenters. The number of nitrogens with two attached hydrogens (primary N) is 1. The van der Waals surface area contributed by atoms with E-state index in [1.807, 2.05) is 0 Å². The quantitative estimate of drug-likeness (QED) is 0.188. The number of rotatable bonds is 6. The molecule has 5 heteroatoms. The lowest BCUT2D eigenvalue weighted by molar-refractivity contribution is 0.185. The Balaban J connectivity index is 1.89. The van der Waals surface area contributed by atoms with E-state index in [-0.39, 0.29) is 0 Å². The van der Waals surface area contributed by atoms with Gasteiger partial charge in [-0.05, 0) is 25.3 Å². The van der Waals surface area contributed by atoms with Gasteiger partial charge in [0, 0.05) is 19.6 Å². The maximum Gasteiger partial charge on any atom is 0.139 e. The predicted octanol–water partition coefficient (Wildman–Crippen LogP) is 0.139. The summed E-state index contributed by atoms with van der Waals surface area (Å²) in [5.41, 5.74) is 5.33. The van der Waals surface area contributed by atoms with E-state index in [9.17, 15) is 0 Å². The molecule has 4 N–H and O–H groups in total. The van der Waals surface area contributed by atoms with Gasteiger partial charge in [-0.25, -0.2) is 0 Å². The summed E-state index contributed by atoms with van der Waals surface area (Å²) in [5.74, 6) is 0.967. The Labute approximate surface area is 84.3 Å². The van der Waals surface area contributed by atoms with E-state index in [2.05, 4.69) is 10.5 Å². The second kappa shape index (κ2) is 6.62.